The summed E-state index contributed by atoms with van der Waals surface area (Å²) in [6.07, 6.45) is -1.77. The number of ketones is 7. The summed E-state index contributed by atoms with van der Waals surface area (Å²) >= 11 is 0. The molecule has 0 aliphatic heterocycles. The Morgan fingerprint density at radius 2 is 0.849 bits per heavy atom. The SMILES string of the molecule is CC(C)[C@@H](NC(=O)OC(C)(C)C)C(=O)C1C(=O)c2ccc(C(=O)c3ccc4c(c3)C(=O)C(C(=O)[C@H](NC(=O)OC(C)(C)C)C(C)C)C4=O)cc2C1=O.[Na]. The molecule has 53 heavy (non-hydrogen) atoms. The number of amides is 2. The van der Waals surface area contributed by atoms with E-state index in [0.717, 1.165) is 0 Å². The van der Waals surface area contributed by atoms with Gasteiger partial charge in [0.15, 0.2) is 40.5 Å². The molecule has 13 nitrogen and oxygen atoms in total. The van der Waals surface area contributed by atoms with E-state index in [-0.39, 0.29) is 62.9 Å². The summed E-state index contributed by atoms with van der Waals surface area (Å²) in [6.45, 7) is 16.4. The number of fused-ring (bicyclic) bond motifs is 2. The molecule has 0 fully saturated rings. The number of Topliss-reactive ketones (excluding diaryl/α,β-unsaturated/α-hetero) is 6. The van der Waals surface area contributed by atoms with E-state index in [1.165, 1.54) is 36.4 Å². The van der Waals surface area contributed by atoms with Gasteiger partial charge in [0.2, 0.25) is 0 Å². The van der Waals surface area contributed by atoms with Gasteiger partial charge in [0, 0.05) is 62.9 Å². The van der Waals surface area contributed by atoms with E-state index < -0.39 is 99.6 Å². The molecule has 1 radical (unpaired) electrons. The molecule has 4 atom stereocenters. The van der Waals surface area contributed by atoms with E-state index in [1.54, 1.807) is 69.2 Å². The van der Waals surface area contributed by atoms with Crippen molar-refractivity contribution in [1.82, 2.24) is 10.6 Å². The molecule has 0 heterocycles. The van der Waals surface area contributed by atoms with Gasteiger partial charge in [-0.2, -0.15) is 0 Å². The minimum absolute atomic E-state index is 0. The largest absolute Gasteiger partial charge is 0.444 e. The molecule has 0 spiro atoms. The maximum atomic E-state index is 13.7. The molecule has 2 aromatic rings. The van der Waals surface area contributed by atoms with Crippen molar-refractivity contribution in [1.29, 1.82) is 0 Å². The second-order valence-electron chi connectivity index (χ2n) is 15.7. The normalized spacial score (nSPS) is 17.8. The fourth-order valence-corrected chi connectivity index (χ4v) is 6.11. The molecule has 0 saturated carbocycles. The Balaban J connectivity index is 0.00000756. The third-order valence-electron chi connectivity index (χ3n) is 8.53. The van der Waals surface area contributed by atoms with E-state index >= 15 is 0 Å². The van der Waals surface area contributed by atoms with E-state index in [4.69, 9.17) is 9.47 Å². The van der Waals surface area contributed by atoms with Crippen LogP contribution in [-0.2, 0) is 19.1 Å². The summed E-state index contributed by atoms with van der Waals surface area (Å²) in [5, 5.41) is 4.94. The second-order valence-corrected chi connectivity index (χ2v) is 15.7. The third-order valence-corrected chi connectivity index (χ3v) is 8.53. The molecule has 2 unspecified atom stereocenters. The molecule has 2 aliphatic carbocycles. The molecule has 277 valence electrons. The van der Waals surface area contributed by atoms with Crippen LogP contribution in [0.5, 0.6) is 0 Å². The number of nitrogens with one attached hydrogen (secondary N) is 2. The van der Waals surface area contributed by atoms with Gasteiger partial charge in [0.05, 0.1) is 12.1 Å². The summed E-state index contributed by atoms with van der Waals surface area (Å²) in [5.74, 6) is -9.93. The Hall–Kier alpha value is -4.33. The molecule has 2 N–H and O–H groups in total. The van der Waals surface area contributed by atoms with Crippen LogP contribution in [0.4, 0.5) is 9.59 Å². The summed E-state index contributed by atoms with van der Waals surface area (Å²) < 4.78 is 10.5. The predicted molar refractivity (Wildman–Crippen MR) is 192 cm³/mol. The first-order chi connectivity index (χ1) is 23.9. The van der Waals surface area contributed by atoms with Crippen LogP contribution in [-0.4, -0.2) is 106 Å². The topological polar surface area (TPSA) is 196 Å². The van der Waals surface area contributed by atoms with Crippen LogP contribution in [0.3, 0.4) is 0 Å². The van der Waals surface area contributed by atoms with Crippen LogP contribution in [0.2, 0.25) is 0 Å². The average Bonchev–Trinajstić information content (AvgIpc) is 3.42. The molecule has 2 amide bonds. The number of hydrogen-bond acceptors (Lipinski definition) is 11. The van der Waals surface area contributed by atoms with E-state index in [2.05, 4.69) is 10.6 Å². The van der Waals surface area contributed by atoms with Crippen molar-refractivity contribution in [3.05, 3.63) is 69.8 Å². The first-order valence-corrected chi connectivity index (χ1v) is 17.0. The summed E-state index contributed by atoms with van der Waals surface area (Å²) in [5.41, 5.74) is -2.20. The standard InChI is InChI=1S/C39H44N2O11.Na/c1-17(2)27(40-36(49)51-38(5,6)7)34(47)25-30(43)21-13-11-19(15-23(21)32(25)45)29(42)20-12-14-22-24(16-20)33(46)26(31(22)44)35(48)28(18(3)4)41-37(50)52-39(8,9)10;/h11-18,25-28H,1-10H3,(H,40,49)(H,41,50);/t25?,26?,27-,28-;/m1./s1. The van der Waals surface area contributed by atoms with Gasteiger partial charge in [0.25, 0.3) is 0 Å². The molecule has 2 aromatic carbocycles. The number of carbonyl (C=O) groups excluding carboxylic acids is 9. The Morgan fingerprint density at radius 1 is 0.547 bits per heavy atom. The van der Waals surface area contributed by atoms with Gasteiger partial charge < -0.3 is 20.1 Å². The van der Waals surface area contributed by atoms with E-state index in [0.29, 0.717) is 0 Å². The Morgan fingerprint density at radius 3 is 1.13 bits per heavy atom. The maximum absolute atomic E-state index is 13.7. The molecule has 2 aliphatic rings. The third kappa shape index (κ3) is 9.25. The van der Waals surface area contributed by atoms with Crippen molar-refractivity contribution >= 4 is 82.2 Å². The average molecular weight is 740 g/mol. The van der Waals surface area contributed by atoms with Crippen LogP contribution in [0.25, 0.3) is 0 Å². The monoisotopic (exact) mass is 739 g/mol. The van der Waals surface area contributed by atoms with E-state index in [1.807, 2.05) is 0 Å². The number of alkyl carbamates (subject to hydrolysis) is 2. The number of ether oxygens (including phenoxy) is 2. The first-order valence-electron chi connectivity index (χ1n) is 17.0. The van der Waals surface area contributed by atoms with Crippen LogP contribution >= 0.6 is 0 Å². The Kier molecular flexibility index (Phi) is 13.0. The quantitative estimate of drug-likeness (QED) is 0.194. The van der Waals surface area contributed by atoms with Gasteiger partial charge in [0.1, 0.15) is 23.0 Å². The zero-order valence-corrected chi connectivity index (χ0v) is 33.9. The van der Waals surface area contributed by atoms with Crippen molar-refractivity contribution in [3.63, 3.8) is 0 Å². The van der Waals surface area contributed by atoms with Gasteiger partial charge in [-0.25, -0.2) is 9.59 Å². The second kappa shape index (κ2) is 16.0. The molecular weight excluding hydrogens is 695 g/mol. The summed E-state index contributed by atoms with van der Waals surface area (Å²) in [4.78, 5) is 119. The predicted octanol–water partition coefficient (Wildman–Crippen LogP) is 4.76. The molecule has 0 aromatic heterocycles. The smallest absolute Gasteiger partial charge is 0.408 e. The number of benzene rings is 2. The van der Waals surface area contributed by atoms with Gasteiger partial charge in [-0.05, 0) is 77.6 Å². The molecular formula is C39H44N2NaO11. The number of rotatable bonds is 10. The van der Waals surface area contributed by atoms with Crippen molar-refractivity contribution in [2.75, 3.05) is 0 Å². The van der Waals surface area contributed by atoms with Gasteiger partial charge >= 0.3 is 12.2 Å². The van der Waals surface area contributed by atoms with Gasteiger partial charge in [-0.3, -0.25) is 33.6 Å². The number of carbonyl (C=O) groups is 9. The molecule has 4 rings (SSSR count). The van der Waals surface area contributed by atoms with Crippen LogP contribution in [0.15, 0.2) is 36.4 Å². The summed E-state index contributed by atoms with van der Waals surface area (Å²) in [6, 6.07) is 5.10. The molecule has 0 bridgehead atoms. The molecule has 14 heteroatoms. The zero-order valence-electron chi connectivity index (χ0n) is 31.9. The van der Waals surface area contributed by atoms with Gasteiger partial charge in [-0.1, -0.05) is 39.8 Å². The number of hydrogen-bond donors (Lipinski definition) is 2. The fourth-order valence-electron chi connectivity index (χ4n) is 6.11. The Bertz CT molecular complexity index is 1780. The van der Waals surface area contributed by atoms with Gasteiger partial charge in [-0.15, -0.1) is 0 Å². The van der Waals surface area contributed by atoms with Crippen molar-refractivity contribution in [2.24, 2.45) is 23.7 Å². The van der Waals surface area contributed by atoms with Crippen LogP contribution in [0.1, 0.15) is 127 Å². The fraction of sp³-hybridized carbons (Fsp3) is 0.462. The molecule has 0 saturated heterocycles. The Labute approximate surface area is 330 Å². The van der Waals surface area contributed by atoms with Crippen LogP contribution < -0.4 is 10.6 Å². The van der Waals surface area contributed by atoms with Crippen molar-refractivity contribution < 1.29 is 52.6 Å². The first kappa shape index (κ1) is 43.1. The minimum atomic E-state index is -1.74. The van der Waals surface area contributed by atoms with Crippen LogP contribution in [0, 0.1) is 23.7 Å². The maximum Gasteiger partial charge on any atom is 0.408 e. The van der Waals surface area contributed by atoms with E-state index in [9.17, 15) is 43.2 Å². The zero-order chi connectivity index (χ0) is 39.2. The van der Waals surface area contributed by atoms with Crippen molar-refractivity contribution in [2.45, 2.75) is 92.5 Å². The summed E-state index contributed by atoms with van der Waals surface area (Å²) in [7, 11) is 0. The minimum Gasteiger partial charge on any atom is -0.444 e. The van der Waals surface area contributed by atoms with Crippen molar-refractivity contribution in [3.8, 4) is 0 Å².